The second-order valence-electron chi connectivity index (χ2n) is 1.37. The second-order valence-corrected chi connectivity index (χ2v) is 1.37. The molecule has 0 fully saturated rings. The summed E-state index contributed by atoms with van der Waals surface area (Å²) in [4.78, 5) is 9.74. The van der Waals surface area contributed by atoms with Crippen molar-refractivity contribution >= 4 is 6.16 Å². The van der Waals surface area contributed by atoms with E-state index < -0.39 is 6.16 Å². The third-order valence-corrected chi connectivity index (χ3v) is 0.333. The lowest BCUT2D eigenvalue weighted by Crippen LogP contribution is -1.97. The number of carbonyl (C=O) groups is 1. The van der Waals surface area contributed by atoms with Crippen molar-refractivity contribution in [3.05, 3.63) is 0 Å². The highest BCUT2D eigenvalue weighted by Gasteiger charge is 1.88. The van der Waals surface area contributed by atoms with Crippen molar-refractivity contribution in [2.24, 2.45) is 0 Å². The van der Waals surface area contributed by atoms with Crippen LogP contribution in [0.4, 0.5) is 4.79 Å². The molecule has 0 spiro atoms. The van der Waals surface area contributed by atoms with Crippen LogP contribution in [-0.2, 0) is 9.47 Å². The number of methoxy groups -OCH3 is 2. The lowest BCUT2D eigenvalue weighted by Gasteiger charge is -1.89. The van der Waals surface area contributed by atoms with Gasteiger partial charge in [-0.15, -0.1) is 0 Å². The largest absolute Gasteiger partial charge is 0.507 e. The van der Waals surface area contributed by atoms with Gasteiger partial charge in [0.2, 0.25) is 0 Å². The minimum absolute atomic E-state index is 0.657. The minimum Gasteiger partial charge on any atom is -0.438 e. The maximum Gasteiger partial charge on any atom is 0.507 e. The first-order valence-corrected chi connectivity index (χ1v) is 2.84. The molecule has 0 aliphatic carbocycles. The van der Waals surface area contributed by atoms with E-state index in [0.29, 0.717) is 0 Å². The average molecular weight is 134 g/mol. The van der Waals surface area contributed by atoms with Crippen molar-refractivity contribution in [3.8, 4) is 0 Å². The summed E-state index contributed by atoms with van der Waals surface area (Å²) in [5.74, 6) is 0. The van der Waals surface area contributed by atoms with Gasteiger partial charge in [0.15, 0.2) is 0 Å². The SMILES string of the molecule is CCC.COC(=O)OC. The Morgan fingerprint density at radius 2 is 1.44 bits per heavy atom. The normalized spacial score (nSPS) is 6.67. The number of hydrogen-bond donors (Lipinski definition) is 0. The van der Waals surface area contributed by atoms with Crippen LogP contribution < -0.4 is 0 Å². The monoisotopic (exact) mass is 134 g/mol. The molecule has 0 saturated carbocycles. The Labute approximate surface area is 56.0 Å². The van der Waals surface area contributed by atoms with Gasteiger partial charge in [0.1, 0.15) is 0 Å². The van der Waals surface area contributed by atoms with Crippen LogP contribution in [0.2, 0.25) is 0 Å². The third-order valence-electron chi connectivity index (χ3n) is 0.333. The zero-order valence-electron chi connectivity index (χ0n) is 6.43. The van der Waals surface area contributed by atoms with Gasteiger partial charge in [0.25, 0.3) is 0 Å². The zero-order valence-corrected chi connectivity index (χ0v) is 6.43. The van der Waals surface area contributed by atoms with E-state index in [1.165, 1.54) is 20.6 Å². The van der Waals surface area contributed by atoms with Crippen LogP contribution in [0, 0.1) is 0 Å². The van der Waals surface area contributed by atoms with E-state index in [0.717, 1.165) is 0 Å². The molecular weight excluding hydrogens is 120 g/mol. The Kier molecular flexibility index (Phi) is 12.7. The molecule has 0 bridgehead atoms. The summed E-state index contributed by atoms with van der Waals surface area (Å²) in [5, 5.41) is 0. The Hall–Kier alpha value is -0.730. The molecule has 0 aromatic heterocycles. The van der Waals surface area contributed by atoms with Crippen LogP contribution in [0.3, 0.4) is 0 Å². The molecule has 0 radical (unpaired) electrons. The maximum atomic E-state index is 9.74. The van der Waals surface area contributed by atoms with Gasteiger partial charge < -0.3 is 9.47 Å². The van der Waals surface area contributed by atoms with E-state index in [-0.39, 0.29) is 0 Å². The van der Waals surface area contributed by atoms with E-state index in [1.54, 1.807) is 0 Å². The van der Waals surface area contributed by atoms with Gasteiger partial charge in [-0.2, -0.15) is 0 Å². The van der Waals surface area contributed by atoms with Crippen molar-refractivity contribution in [2.75, 3.05) is 14.2 Å². The maximum absolute atomic E-state index is 9.74. The summed E-state index contributed by atoms with van der Waals surface area (Å²) in [5.41, 5.74) is 0. The van der Waals surface area contributed by atoms with Gasteiger partial charge in [-0.3, -0.25) is 0 Å². The van der Waals surface area contributed by atoms with Gasteiger partial charge in [-0.05, 0) is 0 Å². The lowest BCUT2D eigenvalue weighted by molar-refractivity contribution is 0.0924. The molecule has 0 aromatic rings. The molecule has 0 atom stereocenters. The molecule has 0 aliphatic heterocycles. The summed E-state index contributed by atoms with van der Waals surface area (Å²) in [7, 11) is 2.51. The Morgan fingerprint density at radius 3 is 1.44 bits per heavy atom. The summed E-state index contributed by atoms with van der Waals surface area (Å²) in [6.07, 6.45) is 0.593. The number of ether oxygens (including phenoxy) is 2. The Balaban J connectivity index is 0. The van der Waals surface area contributed by atoms with E-state index in [9.17, 15) is 4.79 Å². The molecule has 0 saturated heterocycles. The Bertz CT molecular complexity index is 55.3. The smallest absolute Gasteiger partial charge is 0.438 e. The lowest BCUT2D eigenvalue weighted by atomic mass is 10.6. The van der Waals surface area contributed by atoms with E-state index >= 15 is 0 Å². The topological polar surface area (TPSA) is 35.5 Å². The molecule has 0 amide bonds. The van der Waals surface area contributed by atoms with E-state index in [4.69, 9.17) is 0 Å². The van der Waals surface area contributed by atoms with Gasteiger partial charge in [0.05, 0.1) is 14.2 Å². The van der Waals surface area contributed by atoms with Gasteiger partial charge in [-0.25, -0.2) is 4.79 Å². The molecule has 0 aliphatic rings. The van der Waals surface area contributed by atoms with Gasteiger partial charge in [0, 0.05) is 0 Å². The molecule has 56 valence electrons. The number of carbonyl (C=O) groups excluding carboxylic acids is 1. The molecule has 0 rings (SSSR count). The van der Waals surface area contributed by atoms with Crippen LogP contribution in [-0.4, -0.2) is 20.4 Å². The molecule has 0 heterocycles. The summed E-state index contributed by atoms with van der Waals surface area (Å²) < 4.78 is 8.08. The van der Waals surface area contributed by atoms with Crippen LogP contribution in [0.25, 0.3) is 0 Å². The fourth-order valence-electron chi connectivity index (χ4n) is 0.0833. The highest BCUT2D eigenvalue weighted by atomic mass is 16.7. The van der Waals surface area contributed by atoms with Gasteiger partial charge >= 0.3 is 6.16 Å². The number of hydrogen-bond acceptors (Lipinski definition) is 3. The second kappa shape index (κ2) is 10.3. The van der Waals surface area contributed by atoms with Crippen LogP contribution in [0.15, 0.2) is 0 Å². The Morgan fingerprint density at radius 1 is 1.22 bits per heavy atom. The first-order chi connectivity index (χ1) is 4.22. The standard InChI is InChI=1S/C3H6O3.C3H8/c1-5-3(4)6-2;1-3-2/h1-2H3;3H2,1-2H3. The average Bonchev–Trinajstić information content (AvgIpc) is 1.88. The molecule has 0 unspecified atom stereocenters. The quantitative estimate of drug-likeness (QED) is 0.474. The predicted octanol–water partition coefficient (Wildman–Crippen LogP) is 1.82. The highest BCUT2D eigenvalue weighted by molar-refractivity contribution is 5.59. The molecular formula is C6H14O3. The van der Waals surface area contributed by atoms with Crippen LogP contribution in [0.1, 0.15) is 20.3 Å². The molecule has 9 heavy (non-hydrogen) atoms. The van der Waals surface area contributed by atoms with Crippen LogP contribution in [0.5, 0.6) is 0 Å². The summed E-state index contributed by atoms with van der Waals surface area (Å²) in [6, 6.07) is 0. The van der Waals surface area contributed by atoms with Crippen molar-refractivity contribution < 1.29 is 14.3 Å². The zero-order chi connectivity index (χ0) is 7.70. The number of rotatable bonds is 0. The first-order valence-electron chi connectivity index (χ1n) is 2.84. The third kappa shape index (κ3) is 18.9. The van der Waals surface area contributed by atoms with Crippen molar-refractivity contribution in [2.45, 2.75) is 20.3 Å². The predicted molar refractivity (Wildman–Crippen MR) is 35.4 cm³/mol. The van der Waals surface area contributed by atoms with Crippen molar-refractivity contribution in [3.63, 3.8) is 0 Å². The fraction of sp³-hybridized carbons (Fsp3) is 0.833. The molecule has 3 nitrogen and oxygen atoms in total. The highest BCUT2D eigenvalue weighted by Crippen LogP contribution is 1.72. The summed E-state index contributed by atoms with van der Waals surface area (Å²) in [6.45, 7) is 4.25. The molecule has 3 heteroatoms. The van der Waals surface area contributed by atoms with Crippen molar-refractivity contribution in [1.29, 1.82) is 0 Å². The van der Waals surface area contributed by atoms with Gasteiger partial charge in [-0.1, -0.05) is 20.3 Å². The molecule has 0 aromatic carbocycles. The fourth-order valence-corrected chi connectivity index (χ4v) is 0.0833. The minimum atomic E-state index is -0.657. The first kappa shape index (κ1) is 11.1. The van der Waals surface area contributed by atoms with E-state index in [2.05, 4.69) is 23.3 Å². The van der Waals surface area contributed by atoms with Crippen LogP contribution >= 0.6 is 0 Å². The van der Waals surface area contributed by atoms with Crippen molar-refractivity contribution in [1.82, 2.24) is 0 Å². The summed E-state index contributed by atoms with van der Waals surface area (Å²) >= 11 is 0. The molecule has 0 N–H and O–H groups in total. The van der Waals surface area contributed by atoms with E-state index in [1.807, 2.05) is 0 Å².